The molecule has 6 heteroatoms. The minimum atomic E-state index is -1.76. The van der Waals surface area contributed by atoms with E-state index in [2.05, 4.69) is 0 Å². The van der Waals surface area contributed by atoms with Crippen molar-refractivity contribution in [3.05, 3.63) is 39.9 Å². The Bertz CT molecular complexity index is 335. The average Bonchev–Trinajstić information content (AvgIpc) is 2.03. The maximum absolute atomic E-state index is 10.5. The number of halogens is 3. The fourth-order valence-electron chi connectivity index (χ4n) is 0.873. The van der Waals surface area contributed by atoms with Gasteiger partial charge in [0.05, 0.1) is 10.5 Å². The van der Waals surface area contributed by atoms with Crippen molar-refractivity contribution in [1.29, 1.82) is 0 Å². The molecule has 0 amide bonds. The predicted octanol–water partition coefficient (Wildman–Crippen LogP) is 3.42. The third kappa shape index (κ3) is 2.46. The Labute approximate surface area is 89.4 Å². The third-order valence-corrected chi connectivity index (χ3v) is 2.02. The van der Waals surface area contributed by atoms with Crippen LogP contribution in [-0.4, -0.2) is 4.92 Å². The number of nitrogens with zero attached hydrogens (tertiary/aromatic N) is 1. The van der Waals surface area contributed by atoms with Crippen LogP contribution in [0.4, 0.5) is 5.69 Å². The summed E-state index contributed by atoms with van der Waals surface area (Å²) >= 11 is 16.6. The zero-order valence-electron chi connectivity index (χ0n) is 6.21. The van der Waals surface area contributed by atoms with Crippen LogP contribution in [0.3, 0.4) is 0 Å². The van der Waals surface area contributed by atoms with Gasteiger partial charge in [-0.2, -0.15) is 0 Å². The molecular weight excluding hydrogens is 236 g/mol. The Balaban J connectivity index is 3.28. The van der Waals surface area contributed by atoms with Gasteiger partial charge >= 0.3 is 0 Å². The predicted molar refractivity (Wildman–Crippen MR) is 52.3 cm³/mol. The van der Waals surface area contributed by atoms with Gasteiger partial charge in [-0.1, -0.05) is 46.9 Å². The van der Waals surface area contributed by atoms with E-state index >= 15 is 0 Å². The molecular formula is C7H4Cl3NO2. The number of para-hydroxylation sites is 1. The van der Waals surface area contributed by atoms with Crippen molar-refractivity contribution in [2.75, 3.05) is 0 Å². The summed E-state index contributed by atoms with van der Waals surface area (Å²) in [6.45, 7) is 0. The second-order valence-corrected chi connectivity index (χ2v) is 4.55. The highest BCUT2D eigenvalue weighted by atomic mass is 35.6. The van der Waals surface area contributed by atoms with Crippen molar-refractivity contribution < 1.29 is 4.92 Å². The molecule has 0 spiro atoms. The highest BCUT2D eigenvalue weighted by Crippen LogP contribution is 2.42. The Hall–Kier alpha value is -0.510. The van der Waals surface area contributed by atoms with E-state index in [9.17, 15) is 10.1 Å². The number of benzene rings is 1. The van der Waals surface area contributed by atoms with E-state index in [1.165, 1.54) is 18.2 Å². The van der Waals surface area contributed by atoms with Crippen LogP contribution < -0.4 is 0 Å². The van der Waals surface area contributed by atoms with E-state index < -0.39 is 8.72 Å². The normalized spacial score (nSPS) is 11.3. The lowest BCUT2D eigenvalue weighted by atomic mass is 10.2. The molecule has 0 saturated heterocycles. The molecule has 0 aliphatic heterocycles. The quantitative estimate of drug-likeness (QED) is 0.429. The van der Waals surface area contributed by atoms with Crippen molar-refractivity contribution in [3.63, 3.8) is 0 Å². The molecule has 0 aromatic heterocycles. The van der Waals surface area contributed by atoms with Crippen molar-refractivity contribution in [1.82, 2.24) is 0 Å². The van der Waals surface area contributed by atoms with Gasteiger partial charge in [-0.25, -0.2) is 0 Å². The molecule has 0 saturated carbocycles. The second kappa shape index (κ2) is 3.70. The fraction of sp³-hybridized carbons (Fsp3) is 0.143. The minimum Gasteiger partial charge on any atom is -0.258 e. The van der Waals surface area contributed by atoms with Gasteiger partial charge in [0.2, 0.25) is 3.79 Å². The number of hydrogen-bond donors (Lipinski definition) is 0. The molecule has 0 fully saturated rings. The molecule has 0 radical (unpaired) electrons. The average molecular weight is 240 g/mol. The summed E-state index contributed by atoms with van der Waals surface area (Å²) in [7, 11) is 0. The topological polar surface area (TPSA) is 43.1 Å². The van der Waals surface area contributed by atoms with Crippen molar-refractivity contribution >= 4 is 40.5 Å². The smallest absolute Gasteiger partial charge is 0.258 e. The number of nitro benzene ring substituents is 1. The summed E-state index contributed by atoms with van der Waals surface area (Å²) in [6.07, 6.45) is 0. The minimum absolute atomic E-state index is 0.0741. The molecule has 1 aromatic carbocycles. The monoisotopic (exact) mass is 239 g/mol. The Kier molecular flexibility index (Phi) is 3.01. The Morgan fingerprint density at radius 2 is 1.77 bits per heavy atom. The van der Waals surface area contributed by atoms with Gasteiger partial charge in [0, 0.05) is 6.07 Å². The Morgan fingerprint density at radius 3 is 2.15 bits per heavy atom. The van der Waals surface area contributed by atoms with Crippen LogP contribution in [0.15, 0.2) is 24.3 Å². The lowest BCUT2D eigenvalue weighted by Gasteiger charge is -2.10. The maximum atomic E-state index is 10.5. The zero-order valence-corrected chi connectivity index (χ0v) is 8.47. The second-order valence-electron chi connectivity index (χ2n) is 2.27. The first kappa shape index (κ1) is 10.6. The molecule has 0 heterocycles. The number of hydrogen-bond acceptors (Lipinski definition) is 2. The highest BCUT2D eigenvalue weighted by molar-refractivity contribution is 6.67. The zero-order chi connectivity index (χ0) is 10.1. The largest absolute Gasteiger partial charge is 0.276 e. The maximum Gasteiger partial charge on any atom is 0.276 e. The van der Waals surface area contributed by atoms with Crippen LogP contribution in [0, 0.1) is 10.1 Å². The standard InChI is InChI=1S/C7H4Cl3NO2/c8-7(9,10)5-3-1-2-4-6(5)11(12)13/h1-4H. The van der Waals surface area contributed by atoms with E-state index in [1.54, 1.807) is 6.07 Å². The summed E-state index contributed by atoms with van der Waals surface area (Å²) in [5.74, 6) is 0. The molecule has 0 N–H and O–H groups in total. The van der Waals surface area contributed by atoms with Gasteiger partial charge < -0.3 is 0 Å². The summed E-state index contributed by atoms with van der Waals surface area (Å²) in [5.41, 5.74) is -0.118. The number of alkyl halides is 3. The molecule has 0 aliphatic rings. The van der Waals surface area contributed by atoms with Crippen LogP contribution in [0.5, 0.6) is 0 Å². The first-order valence-corrected chi connectivity index (χ1v) is 4.37. The highest BCUT2D eigenvalue weighted by Gasteiger charge is 2.30. The van der Waals surface area contributed by atoms with Crippen molar-refractivity contribution in [2.24, 2.45) is 0 Å². The lowest BCUT2D eigenvalue weighted by Crippen LogP contribution is -2.04. The first-order valence-electron chi connectivity index (χ1n) is 3.23. The lowest BCUT2D eigenvalue weighted by molar-refractivity contribution is -0.385. The van der Waals surface area contributed by atoms with E-state index in [4.69, 9.17) is 34.8 Å². The van der Waals surface area contributed by atoms with Crippen LogP contribution in [-0.2, 0) is 3.79 Å². The summed E-state index contributed by atoms with van der Waals surface area (Å²) < 4.78 is -1.76. The number of nitro groups is 1. The van der Waals surface area contributed by atoms with E-state index in [0.717, 1.165) is 0 Å². The van der Waals surface area contributed by atoms with Gasteiger partial charge in [0.1, 0.15) is 0 Å². The molecule has 0 atom stereocenters. The van der Waals surface area contributed by atoms with Crippen molar-refractivity contribution in [3.8, 4) is 0 Å². The van der Waals surface area contributed by atoms with Crippen LogP contribution in [0.1, 0.15) is 5.56 Å². The van der Waals surface area contributed by atoms with Gasteiger partial charge in [-0.3, -0.25) is 10.1 Å². The molecule has 70 valence electrons. The molecule has 0 aliphatic carbocycles. The van der Waals surface area contributed by atoms with E-state index in [1.807, 2.05) is 0 Å². The molecule has 13 heavy (non-hydrogen) atoms. The van der Waals surface area contributed by atoms with E-state index in [-0.39, 0.29) is 11.3 Å². The van der Waals surface area contributed by atoms with Crippen LogP contribution in [0.2, 0.25) is 0 Å². The summed E-state index contributed by atoms with van der Waals surface area (Å²) in [5, 5.41) is 10.5. The van der Waals surface area contributed by atoms with Crippen LogP contribution >= 0.6 is 34.8 Å². The summed E-state index contributed by atoms with van der Waals surface area (Å²) in [4.78, 5) is 9.91. The molecule has 0 unspecified atom stereocenters. The van der Waals surface area contributed by atoms with E-state index in [0.29, 0.717) is 0 Å². The molecule has 3 nitrogen and oxygen atoms in total. The van der Waals surface area contributed by atoms with Gasteiger partial charge in [0.15, 0.2) is 0 Å². The molecule has 0 bridgehead atoms. The Morgan fingerprint density at radius 1 is 1.23 bits per heavy atom. The number of rotatable bonds is 1. The SMILES string of the molecule is O=[N+]([O-])c1ccccc1C(Cl)(Cl)Cl. The molecule has 1 aromatic rings. The van der Waals surface area contributed by atoms with Gasteiger partial charge in [-0.05, 0) is 6.07 Å². The van der Waals surface area contributed by atoms with Crippen LogP contribution in [0.25, 0.3) is 0 Å². The fourth-order valence-corrected chi connectivity index (χ4v) is 1.35. The van der Waals surface area contributed by atoms with Gasteiger partial charge in [0.25, 0.3) is 5.69 Å². The summed E-state index contributed by atoms with van der Waals surface area (Å²) in [6, 6.07) is 5.78. The van der Waals surface area contributed by atoms with Gasteiger partial charge in [-0.15, -0.1) is 0 Å². The van der Waals surface area contributed by atoms with Crippen molar-refractivity contribution in [2.45, 2.75) is 3.79 Å². The molecule has 1 rings (SSSR count). The first-order chi connectivity index (χ1) is 5.93. The third-order valence-electron chi connectivity index (χ3n) is 1.41.